The Balaban J connectivity index is 4.13. The molecule has 0 saturated heterocycles. The number of ether oxygens (including phenoxy) is 2. The van der Waals surface area contributed by atoms with Gasteiger partial charge in [0.1, 0.15) is 12.1 Å². The van der Waals surface area contributed by atoms with Gasteiger partial charge in [-0.1, -0.05) is 212 Å². The summed E-state index contributed by atoms with van der Waals surface area (Å²) < 4.78 is 33.5. The van der Waals surface area contributed by atoms with Crippen molar-refractivity contribution in [2.45, 2.75) is 257 Å². The summed E-state index contributed by atoms with van der Waals surface area (Å²) in [4.78, 5) is 33.6. The van der Waals surface area contributed by atoms with Gasteiger partial charge in [-0.15, -0.1) is 0 Å². The highest BCUT2D eigenvalue weighted by Crippen LogP contribution is 2.43. The van der Waals surface area contributed by atoms with Gasteiger partial charge in [0, 0.05) is 13.0 Å². The topological polar surface area (TPSA) is 155 Å². The predicted octanol–water partition coefficient (Wildman–Crippen LogP) is 14.1. The molecule has 0 amide bonds. The number of hydrogen-bond donors (Lipinski definition) is 3. The van der Waals surface area contributed by atoms with E-state index in [1.165, 1.54) is 180 Å². The quantitative estimate of drug-likeness (QED) is 0.0233. The number of carboxylic acids is 1. The molecule has 3 atom stereocenters. The fourth-order valence-corrected chi connectivity index (χ4v) is 7.97. The average molecular weight is 860 g/mol. The molecule has 59 heavy (non-hydrogen) atoms. The molecule has 0 aliphatic rings. The summed E-state index contributed by atoms with van der Waals surface area (Å²) in [5.74, 6) is -1.77. The van der Waals surface area contributed by atoms with Crippen LogP contribution in [0, 0.1) is 0 Å². The minimum absolute atomic E-state index is 0.0226. The van der Waals surface area contributed by atoms with Gasteiger partial charge in [-0.05, 0) is 38.5 Å². The minimum Gasteiger partial charge on any atom is -0.480 e. The molecule has 4 N–H and O–H groups in total. The lowest BCUT2D eigenvalue weighted by atomic mass is 10.0. The molecule has 0 aliphatic heterocycles. The summed E-state index contributed by atoms with van der Waals surface area (Å²) >= 11 is 0. The normalized spacial score (nSPS) is 13.8. The third-order valence-corrected chi connectivity index (χ3v) is 12.0. The standard InChI is InChI=1S/C48H94NO9P/c1-3-5-7-9-11-13-15-17-19-21-23-24-26-28-30-32-34-36-38-40-47(50)58-45(43-56-59(53,54)57-44-46(49)48(51)52)42-55-41-39-37-35-33-31-29-27-25-22-20-18-16-14-12-10-8-6-4-2/h17,19,45-46H,3-16,18,20-44,49H2,1-2H3,(H,51,52)(H,53,54)/b19-17-. The van der Waals surface area contributed by atoms with Crippen LogP contribution in [0.25, 0.3) is 0 Å². The number of hydrogen-bond acceptors (Lipinski definition) is 8. The van der Waals surface area contributed by atoms with Gasteiger partial charge in [-0.25, -0.2) is 4.57 Å². The molecule has 11 heteroatoms. The second-order valence-electron chi connectivity index (χ2n) is 17.0. The lowest BCUT2D eigenvalue weighted by Gasteiger charge is -2.20. The van der Waals surface area contributed by atoms with Gasteiger partial charge in [0.15, 0.2) is 0 Å². The lowest BCUT2D eigenvalue weighted by Crippen LogP contribution is -2.34. The molecule has 0 aromatic heterocycles. The Morgan fingerprint density at radius 2 is 0.881 bits per heavy atom. The number of phosphoric acid groups is 1. The first-order valence-corrected chi connectivity index (χ1v) is 26.2. The highest BCUT2D eigenvalue weighted by molar-refractivity contribution is 7.47. The van der Waals surface area contributed by atoms with E-state index in [2.05, 4.69) is 26.0 Å². The van der Waals surface area contributed by atoms with E-state index in [-0.39, 0.29) is 13.0 Å². The predicted molar refractivity (Wildman–Crippen MR) is 245 cm³/mol. The second kappa shape index (κ2) is 44.8. The largest absolute Gasteiger partial charge is 0.480 e. The first-order chi connectivity index (χ1) is 28.7. The van der Waals surface area contributed by atoms with Crippen molar-refractivity contribution in [2.75, 3.05) is 26.4 Å². The van der Waals surface area contributed by atoms with Crippen LogP contribution in [0.2, 0.25) is 0 Å². The summed E-state index contributed by atoms with van der Waals surface area (Å²) in [6.45, 7) is 3.93. The van der Waals surface area contributed by atoms with Gasteiger partial charge in [0.05, 0.1) is 19.8 Å². The zero-order valence-corrected chi connectivity index (χ0v) is 39.3. The van der Waals surface area contributed by atoms with Crippen LogP contribution >= 0.6 is 7.82 Å². The number of rotatable bonds is 48. The van der Waals surface area contributed by atoms with Crippen molar-refractivity contribution in [3.05, 3.63) is 12.2 Å². The van der Waals surface area contributed by atoms with Crippen molar-refractivity contribution in [3.8, 4) is 0 Å². The van der Waals surface area contributed by atoms with Crippen LogP contribution in [0.3, 0.4) is 0 Å². The molecule has 0 aromatic carbocycles. The molecular formula is C48H94NO9P. The molecule has 0 saturated carbocycles. The monoisotopic (exact) mass is 860 g/mol. The summed E-state index contributed by atoms with van der Waals surface area (Å²) in [5, 5.41) is 8.92. The zero-order chi connectivity index (χ0) is 43.3. The number of unbranched alkanes of at least 4 members (excludes halogenated alkanes) is 32. The third kappa shape index (κ3) is 44.6. The molecule has 0 aromatic rings. The highest BCUT2D eigenvalue weighted by atomic mass is 31.2. The highest BCUT2D eigenvalue weighted by Gasteiger charge is 2.27. The Kier molecular flexibility index (Phi) is 43.8. The summed E-state index contributed by atoms with van der Waals surface area (Å²) in [5.41, 5.74) is 5.37. The van der Waals surface area contributed by atoms with E-state index in [1.54, 1.807) is 0 Å². The molecule has 0 aliphatic carbocycles. The first-order valence-electron chi connectivity index (χ1n) is 24.7. The number of carbonyl (C=O) groups is 2. The maximum absolute atomic E-state index is 12.7. The average Bonchev–Trinajstić information content (AvgIpc) is 3.21. The summed E-state index contributed by atoms with van der Waals surface area (Å²) in [6.07, 6.45) is 48.3. The van der Waals surface area contributed by atoms with Gasteiger partial charge in [-0.2, -0.15) is 0 Å². The Hall–Kier alpha value is -1.29. The van der Waals surface area contributed by atoms with Gasteiger partial charge in [0.25, 0.3) is 0 Å². The van der Waals surface area contributed by atoms with Crippen molar-refractivity contribution in [1.82, 2.24) is 0 Å². The lowest BCUT2D eigenvalue weighted by molar-refractivity contribution is -0.154. The molecule has 0 spiro atoms. The van der Waals surface area contributed by atoms with E-state index in [1.807, 2.05) is 0 Å². The SMILES string of the molecule is CCCCCCCC/C=C\CCCCCCCCCCCC(=O)OC(COCCCCCCCCCCCCCCCCCCCC)COP(=O)(O)OCC(N)C(=O)O. The number of phosphoric ester groups is 1. The molecule has 10 nitrogen and oxygen atoms in total. The number of esters is 1. The van der Waals surface area contributed by atoms with Crippen molar-refractivity contribution in [1.29, 1.82) is 0 Å². The van der Waals surface area contributed by atoms with Crippen LogP contribution in [0.5, 0.6) is 0 Å². The van der Waals surface area contributed by atoms with Gasteiger partial charge < -0.3 is 25.2 Å². The Morgan fingerprint density at radius 1 is 0.525 bits per heavy atom. The first kappa shape index (κ1) is 57.7. The minimum atomic E-state index is -4.61. The Bertz CT molecular complexity index is 998. The second-order valence-corrected chi connectivity index (χ2v) is 18.4. The van der Waals surface area contributed by atoms with E-state index in [0.717, 1.165) is 38.5 Å². The van der Waals surface area contributed by atoms with E-state index in [4.69, 9.17) is 29.4 Å². The van der Waals surface area contributed by atoms with E-state index >= 15 is 0 Å². The number of aliphatic carboxylic acids is 1. The maximum atomic E-state index is 12.7. The van der Waals surface area contributed by atoms with E-state index in [9.17, 15) is 19.0 Å². The van der Waals surface area contributed by atoms with Crippen LogP contribution in [-0.4, -0.2) is 60.5 Å². The van der Waals surface area contributed by atoms with Crippen molar-refractivity contribution in [2.24, 2.45) is 5.73 Å². The fraction of sp³-hybridized carbons (Fsp3) is 0.917. The summed E-state index contributed by atoms with van der Waals surface area (Å²) in [7, 11) is -4.61. The van der Waals surface area contributed by atoms with Crippen LogP contribution in [0.15, 0.2) is 12.2 Å². The molecule has 0 heterocycles. The molecule has 350 valence electrons. The van der Waals surface area contributed by atoms with E-state index in [0.29, 0.717) is 13.0 Å². The van der Waals surface area contributed by atoms with Crippen LogP contribution < -0.4 is 5.73 Å². The van der Waals surface area contributed by atoms with E-state index < -0.39 is 45.1 Å². The van der Waals surface area contributed by atoms with Crippen molar-refractivity contribution in [3.63, 3.8) is 0 Å². The zero-order valence-electron chi connectivity index (χ0n) is 38.4. The van der Waals surface area contributed by atoms with Gasteiger partial charge >= 0.3 is 19.8 Å². The number of carboxylic acid groups (broad SMARTS) is 1. The van der Waals surface area contributed by atoms with Crippen LogP contribution in [0.1, 0.15) is 245 Å². The summed E-state index contributed by atoms with van der Waals surface area (Å²) in [6, 6.07) is -1.47. The van der Waals surface area contributed by atoms with Crippen molar-refractivity contribution >= 4 is 19.8 Å². The molecule has 0 fully saturated rings. The maximum Gasteiger partial charge on any atom is 0.472 e. The molecule has 0 radical (unpaired) electrons. The molecule has 3 unspecified atom stereocenters. The smallest absolute Gasteiger partial charge is 0.472 e. The van der Waals surface area contributed by atoms with Crippen LogP contribution in [0.4, 0.5) is 0 Å². The van der Waals surface area contributed by atoms with Gasteiger partial charge in [-0.3, -0.25) is 18.6 Å². The molecular weight excluding hydrogens is 766 g/mol. The fourth-order valence-electron chi connectivity index (χ4n) is 7.19. The molecule has 0 rings (SSSR count). The number of carbonyl (C=O) groups excluding carboxylic acids is 1. The van der Waals surface area contributed by atoms with Crippen LogP contribution in [-0.2, 0) is 32.7 Å². The van der Waals surface area contributed by atoms with Crippen molar-refractivity contribution < 1.29 is 42.7 Å². The van der Waals surface area contributed by atoms with Gasteiger partial charge in [0.2, 0.25) is 0 Å². The number of allylic oxidation sites excluding steroid dienone is 2. The Morgan fingerprint density at radius 3 is 1.29 bits per heavy atom. The third-order valence-electron chi connectivity index (χ3n) is 11.0. The number of nitrogens with two attached hydrogens (primary N) is 1. The Labute approximate surface area is 362 Å². The molecule has 0 bridgehead atoms.